The summed E-state index contributed by atoms with van der Waals surface area (Å²) >= 11 is 0. The number of carboxylic acids is 1. The zero-order chi connectivity index (χ0) is 13.4. The molecule has 0 amide bonds. The van der Waals surface area contributed by atoms with E-state index in [1.54, 1.807) is 11.9 Å². The molecule has 0 unspecified atom stereocenters. The largest absolute Gasteiger partial charge is 0.490 e. The molecule has 1 N–H and O–H groups in total. The van der Waals surface area contributed by atoms with E-state index in [0.717, 1.165) is 0 Å². The average Bonchev–Trinajstić information content (AvgIpc) is 2.30. The lowest BCUT2D eigenvalue weighted by atomic mass is 10.3. The summed E-state index contributed by atoms with van der Waals surface area (Å²) in [5, 5.41) is 8.61. The van der Waals surface area contributed by atoms with E-state index in [0.29, 0.717) is 31.3 Å². The molecular formula is C13H19NO4. The summed E-state index contributed by atoms with van der Waals surface area (Å²) in [5.41, 5.74) is 0. The maximum absolute atomic E-state index is 10.5. The number of nitrogens with zero attached hydrogens (tertiary/aromatic N) is 1. The molecule has 100 valence electrons. The number of likely N-dealkylation sites (N-methyl/N-ethyl adjacent to an activating group) is 1. The minimum atomic E-state index is -0.841. The SMILES string of the molecule is CCOc1ccccc1OCCN(C)CC(=O)O. The molecule has 0 heterocycles. The number of aliphatic carboxylic acids is 1. The summed E-state index contributed by atoms with van der Waals surface area (Å²) in [5.74, 6) is 0.552. The number of ether oxygens (including phenoxy) is 2. The lowest BCUT2D eigenvalue weighted by molar-refractivity contribution is -0.138. The van der Waals surface area contributed by atoms with Gasteiger partial charge in [-0.3, -0.25) is 9.69 Å². The zero-order valence-electron chi connectivity index (χ0n) is 10.8. The molecule has 1 aromatic carbocycles. The highest BCUT2D eigenvalue weighted by Crippen LogP contribution is 2.26. The van der Waals surface area contributed by atoms with E-state index >= 15 is 0 Å². The van der Waals surface area contributed by atoms with Crippen LogP contribution in [0.5, 0.6) is 11.5 Å². The molecule has 0 saturated heterocycles. The Morgan fingerprint density at radius 1 is 1.28 bits per heavy atom. The van der Waals surface area contributed by atoms with Crippen LogP contribution in [0, 0.1) is 0 Å². The number of para-hydroxylation sites is 2. The Bertz CT molecular complexity index is 381. The van der Waals surface area contributed by atoms with Gasteiger partial charge in [0.05, 0.1) is 13.2 Å². The molecule has 0 aromatic heterocycles. The van der Waals surface area contributed by atoms with Crippen LogP contribution in [0.2, 0.25) is 0 Å². The zero-order valence-corrected chi connectivity index (χ0v) is 10.8. The standard InChI is InChI=1S/C13H19NO4/c1-3-17-11-6-4-5-7-12(11)18-9-8-14(2)10-13(15)16/h4-7H,3,8-10H2,1-2H3,(H,15,16). The van der Waals surface area contributed by atoms with Crippen LogP contribution in [0.1, 0.15) is 6.92 Å². The molecule has 0 fully saturated rings. The third-order valence-corrected chi connectivity index (χ3v) is 2.28. The molecule has 0 atom stereocenters. The molecule has 5 heteroatoms. The normalized spacial score (nSPS) is 10.4. The molecule has 0 aliphatic rings. The number of hydrogen-bond donors (Lipinski definition) is 1. The van der Waals surface area contributed by atoms with Gasteiger partial charge in [0, 0.05) is 6.54 Å². The van der Waals surface area contributed by atoms with Gasteiger partial charge in [-0.15, -0.1) is 0 Å². The Hall–Kier alpha value is -1.75. The predicted octanol–water partition coefficient (Wildman–Crippen LogP) is 1.48. The van der Waals surface area contributed by atoms with Crippen molar-refractivity contribution in [2.45, 2.75) is 6.92 Å². The first-order chi connectivity index (χ1) is 8.63. The smallest absolute Gasteiger partial charge is 0.317 e. The summed E-state index contributed by atoms with van der Waals surface area (Å²) in [6.07, 6.45) is 0. The van der Waals surface area contributed by atoms with Crippen molar-refractivity contribution >= 4 is 5.97 Å². The first-order valence-electron chi connectivity index (χ1n) is 5.88. The van der Waals surface area contributed by atoms with Crippen LogP contribution in [0.25, 0.3) is 0 Å². The van der Waals surface area contributed by atoms with Gasteiger partial charge in [0.25, 0.3) is 0 Å². The number of carbonyl (C=O) groups is 1. The first kappa shape index (κ1) is 14.3. The van der Waals surface area contributed by atoms with E-state index in [4.69, 9.17) is 14.6 Å². The fourth-order valence-electron chi connectivity index (χ4n) is 1.47. The minimum Gasteiger partial charge on any atom is -0.490 e. The maximum Gasteiger partial charge on any atom is 0.317 e. The van der Waals surface area contributed by atoms with Crippen LogP contribution in [0.3, 0.4) is 0 Å². The molecule has 1 aromatic rings. The van der Waals surface area contributed by atoms with E-state index in [1.165, 1.54) is 0 Å². The third-order valence-electron chi connectivity index (χ3n) is 2.28. The van der Waals surface area contributed by atoms with Gasteiger partial charge >= 0.3 is 5.97 Å². The minimum absolute atomic E-state index is 0.0104. The summed E-state index contributed by atoms with van der Waals surface area (Å²) in [6.45, 7) is 3.48. The van der Waals surface area contributed by atoms with Crippen molar-refractivity contribution in [3.8, 4) is 11.5 Å². The Labute approximate surface area is 107 Å². The molecule has 0 bridgehead atoms. The van der Waals surface area contributed by atoms with Crippen LogP contribution in [-0.2, 0) is 4.79 Å². The van der Waals surface area contributed by atoms with Gasteiger partial charge in [0.15, 0.2) is 11.5 Å². The summed E-state index contributed by atoms with van der Waals surface area (Å²) in [4.78, 5) is 12.2. The Morgan fingerprint density at radius 2 is 1.89 bits per heavy atom. The van der Waals surface area contributed by atoms with Gasteiger partial charge in [-0.25, -0.2) is 0 Å². The second kappa shape index (κ2) is 7.55. The van der Waals surface area contributed by atoms with Gasteiger partial charge in [-0.2, -0.15) is 0 Å². The van der Waals surface area contributed by atoms with Crippen LogP contribution < -0.4 is 9.47 Å². The summed E-state index contributed by atoms with van der Waals surface area (Å²) in [7, 11) is 1.74. The van der Waals surface area contributed by atoms with Gasteiger partial charge in [0.1, 0.15) is 6.61 Å². The number of carboxylic acid groups (broad SMARTS) is 1. The van der Waals surface area contributed by atoms with Crippen molar-refractivity contribution in [2.24, 2.45) is 0 Å². The van der Waals surface area contributed by atoms with Crippen LogP contribution in [-0.4, -0.2) is 49.3 Å². The maximum atomic E-state index is 10.5. The van der Waals surface area contributed by atoms with Crippen LogP contribution in [0.15, 0.2) is 24.3 Å². The van der Waals surface area contributed by atoms with Crippen molar-refractivity contribution in [3.05, 3.63) is 24.3 Å². The molecule has 0 aliphatic carbocycles. The highest BCUT2D eigenvalue weighted by atomic mass is 16.5. The second-order valence-electron chi connectivity index (χ2n) is 3.86. The lowest BCUT2D eigenvalue weighted by Gasteiger charge is -2.15. The van der Waals surface area contributed by atoms with Gasteiger partial charge in [-0.1, -0.05) is 12.1 Å². The van der Waals surface area contributed by atoms with Gasteiger partial charge in [-0.05, 0) is 26.1 Å². The molecule has 0 aliphatic heterocycles. The van der Waals surface area contributed by atoms with Crippen molar-refractivity contribution in [1.29, 1.82) is 0 Å². The number of benzene rings is 1. The molecule has 18 heavy (non-hydrogen) atoms. The quantitative estimate of drug-likeness (QED) is 0.760. The Balaban J connectivity index is 2.41. The topological polar surface area (TPSA) is 59.0 Å². The molecule has 0 spiro atoms. The van der Waals surface area contributed by atoms with E-state index in [2.05, 4.69) is 0 Å². The van der Waals surface area contributed by atoms with E-state index < -0.39 is 5.97 Å². The van der Waals surface area contributed by atoms with Crippen molar-refractivity contribution < 1.29 is 19.4 Å². The van der Waals surface area contributed by atoms with E-state index in [9.17, 15) is 4.79 Å². The first-order valence-corrected chi connectivity index (χ1v) is 5.88. The van der Waals surface area contributed by atoms with E-state index in [1.807, 2.05) is 31.2 Å². The number of rotatable bonds is 8. The molecule has 5 nitrogen and oxygen atoms in total. The monoisotopic (exact) mass is 253 g/mol. The molecular weight excluding hydrogens is 234 g/mol. The summed E-state index contributed by atoms with van der Waals surface area (Å²) in [6, 6.07) is 7.44. The Kier molecular flexibility index (Phi) is 6.00. The van der Waals surface area contributed by atoms with Crippen molar-refractivity contribution in [1.82, 2.24) is 4.90 Å². The Morgan fingerprint density at radius 3 is 2.44 bits per heavy atom. The van der Waals surface area contributed by atoms with Gasteiger partial charge in [0.2, 0.25) is 0 Å². The van der Waals surface area contributed by atoms with Crippen LogP contribution in [0.4, 0.5) is 0 Å². The lowest BCUT2D eigenvalue weighted by Crippen LogP contribution is -2.29. The third kappa shape index (κ3) is 5.05. The van der Waals surface area contributed by atoms with Gasteiger partial charge < -0.3 is 14.6 Å². The molecule has 0 saturated carbocycles. The highest BCUT2D eigenvalue weighted by molar-refractivity contribution is 5.68. The fourth-order valence-corrected chi connectivity index (χ4v) is 1.47. The second-order valence-corrected chi connectivity index (χ2v) is 3.86. The van der Waals surface area contributed by atoms with Crippen molar-refractivity contribution in [3.63, 3.8) is 0 Å². The highest BCUT2D eigenvalue weighted by Gasteiger charge is 2.06. The average molecular weight is 253 g/mol. The predicted molar refractivity (Wildman–Crippen MR) is 68.2 cm³/mol. The van der Waals surface area contributed by atoms with Crippen molar-refractivity contribution in [2.75, 3.05) is 33.4 Å². The summed E-state index contributed by atoms with van der Waals surface area (Å²) < 4.78 is 11.0. The number of hydrogen-bond acceptors (Lipinski definition) is 4. The fraction of sp³-hybridized carbons (Fsp3) is 0.462. The van der Waals surface area contributed by atoms with Crippen LogP contribution >= 0.6 is 0 Å². The molecule has 1 rings (SSSR count). The van der Waals surface area contributed by atoms with E-state index in [-0.39, 0.29) is 6.54 Å². The molecule has 0 radical (unpaired) electrons.